The van der Waals surface area contributed by atoms with E-state index < -0.39 is 0 Å². The summed E-state index contributed by atoms with van der Waals surface area (Å²) in [7, 11) is 0. The molecular weight excluding hydrogens is 434 g/mol. The standard InChI is InChI=1S/C30H37N3O2/c34-29(17-16-26-11-9-21-33(35)24-26)31-20-8-7-10-25-18-22-32(23-19-25)30(27-12-3-1-4-13-27)28-14-5-2-6-15-28/h1-6,9,11-15,21,24-25,30H,7-8,10,16-20,22-23H2,(H-,31,34,35)/p+1. The van der Waals surface area contributed by atoms with Gasteiger partial charge in [-0.2, -0.15) is 0 Å². The number of hydrogen-bond acceptors (Lipinski definition) is 3. The van der Waals surface area contributed by atoms with E-state index in [1.165, 1.54) is 30.4 Å². The smallest absolute Gasteiger partial charge is 0.225 e. The fourth-order valence-electron chi connectivity index (χ4n) is 5.18. The van der Waals surface area contributed by atoms with Crippen molar-refractivity contribution in [2.45, 2.75) is 51.0 Å². The summed E-state index contributed by atoms with van der Waals surface area (Å²) in [5.74, 6) is 0.858. The summed E-state index contributed by atoms with van der Waals surface area (Å²) in [4.78, 5) is 14.8. The molecule has 3 aromatic rings. The number of carbonyl (C=O) groups is 1. The van der Waals surface area contributed by atoms with Crippen molar-refractivity contribution in [2.24, 2.45) is 5.92 Å². The maximum Gasteiger partial charge on any atom is 0.225 e. The van der Waals surface area contributed by atoms with Crippen molar-refractivity contribution in [3.63, 3.8) is 0 Å². The molecule has 1 aliphatic rings. The third kappa shape index (κ3) is 7.66. The van der Waals surface area contributed by atoms with E-state index in [1.807, 2.05) is 6.07 Å². The highest BCUT2D eigenvalue weighted by Crippen LogP contribution is 2.33. The van der Waals surface area contributed by atoms with Crippen LogP contribution in [-0.2, 0) is 11.2 Å². The topological polar surface area (TPSA) is 56.5 Å². The van der Waals surface area contributed by atoms with E-state index in [2.05, 4.69) is 70.9 Å². The van der Waals surface area contributed by atoms with Crippen LogP contribution in [0.15, 0.2) is 85.2 Å². The van der Waals surface area contributed by atoms with Gasteiger partial charge in [-0.25, -0.2) is 0 Å². The molecule has 0 aliphatic carbocycles. The zero-order chi connectivity index (χ0) is 24.3. The lowest BCUT2D eigenvalue weighted by molar-refractivity contribution is -0.905. The number of nitrogens with one attached hydrogen (secondary N) is 1. The first-order chi connectivity index (χ1) is 17.2. The van der Waals surface area contributed by atoms with Gasteiger partial charge in [0.1, 0.15) is 0 Å². The van der Waals surface area contributed by atoms with Crippen molar-refractivity contribution in [1.82, 2.24) is 10.2 Å². The van der Waals surface area contributed by atoms with Gasteiger partial charge in [0, 0.05) is 29.3 Å². The minimum atomic E-state index is 0.0829. The van der Waals surface area contributed by atoms with Crippen LogP contribution in [0, 0.1) is 5.92 Å². The minimum absolute atomic E-state index is 0.0829. The van der Waals surface area contributed by atoms with Gasteiger partial charge in [-0.3, -0.25) is 14.9 Å². The van der Waals surface area contributed by atoms with E-state index in [0.717, 1.165) is 48.7 Å². The van der Waals surface area contributed by atoms with Crippen LogP contribution in [0.5, 0.6) is 0 Å². The molecule has 1 aliphatic heterocycles. The molecule has 1 saturated heterocycles. The van der Waals surface area contributed by atoms with Crippen molar-refractivity contribution < 1.29 is 14.7 Å². The lowest BCUT2D eigenvalue weighted by atomic mass is 9.88. The van der Waals surface area contributed by atoms with Gasteiger partial charge in [0.05, 0.1) is 6.04 Å². The number of aromatic nitrogens is 1. The van der Waals surface area contributed by atoms with Crippen molar-refractivity contribution in [3.05, 3.63) is 102 Å². The first kappa shape index (κ1) is 24.9. The van der Waals surface area contributed by atoms with E-state index in [4.69, 9.17) is 0 Å². The third-order valence-electron chi connectivity index (χ3n) is 7.09. The number of unbranched alkanes of at least 4 members (excludes halogenated alkanes) is 1. The van der Waals surface area contributed by atoms with Crippen LogP contribution >= 0.6 is 0 Å². The number of amides is 1. The van der Waals surface area contributed by atoms with E-state index in [1.54, 1.807) is 18.5 Å². The second-order valence-electron chi connectivity index (χ2n) is 9.64. The second-order valence-corrected chi connectivity index (χ2v) is 9.64. The number of benzene rings is 2. The number of nitrogens with zero attached hydrogens (tertiary/aromatic N) is 2. The molecule has 5 heteroatoms. The Kier molecular flexibility index (Phi) is 9.30. The van der Waals surface area contributed by atoms with Crippen molar-refractivity contribution in [1.29, 1.82) is 0 Å². The van der Waals surface area contributed by atoms with Crippen LogP contribution in [0.4, 0.5) is 0 Å². The second kappa shape index (κ2) is 13.1. The SMILES string of the molecule is O=C(CCc1ccc[n+](O)c1)NCCCCC1CCN(C(c2ccccc2)c2ccccc2)CC1. The quantitative estimate of drug-likeness (QED) is 0.236. The Labute approximate surface area is 209 Å². The van der Waals surface area contributed by atoms with Gasteiger partial charge >= 0.3 is 0 Å². The van der Waals surface area contributed by atoms with E-state index in [-0.39, 0.29) is 5.91 Å². The fourth-order valence-corrected chi connectivity index (χ4v) is 5.18. The Morgan fingerprint density at radius 1 is 0.943 bits per heavy atom. The third-order valence-corrected chi connectivity index (χ3v) is 7.09. The molecule has 0 spiro atoms. The normalized spacial score (nSPS) is 14.8. The van der Waals surface area contributed by atoms with Crippen LogP contribution in [0.3, 0.4) is 0 Å². The molecular formula is C30H38N3O2+. The van der Waals surface area contributed by atoms with Crippen molar-refractivity contribution in [3.8, 4) is 0 Å². The molecule has 0 unspecified atom stereocenters. The summed E-state index contributed by atoms with van der Waals surface area (Å²) < 4.78 is 1.03. The molecule has 184 valence electrons. The first-order valence-electron chi connectivity index (χ1n) is 13.0. The van der Waals surface area contributed by atoms with E-state index in [9.17, 15) is 10.0 Å². The van der Waals surface area contributed by atoms with Crippen LogP contribution in [0.2, 0.25) is 0 Å². The fraction of sp³-hybridized carbons (Fsp3) is 0.400. The molecule has 2 heterocycles. The molecule has 35 heavy (non-hydrogen) atoms. The Balaban J connectivity index is 1.15. The molecule has 2 aromatic carbocycles. The zero-order valence-electron chi connectivity index (χ0n) is 20.6. The zero-order valence-corrected chi connectivity index (χ0v) is 20.6. The molecule has 4 rings (SSSR count). The van der Waals surface area contributed by atoms with Gasteiger partial charge in [0.2, 0.25) is 18.3 Å². The minimum Gasteiger partial charge on any atom is -0.356 e. The number of aryl methyl sites for hydroxylation is 1. The summed E-state index contributed by atoms with van der Waals surface area (Å²) in [6.45, 7) is 3.00. The highest BCUT2D eigenvalue weighted by molar-refractivity contribution is 5.76. The number of rotatable bonds is 11. The largest absolute Gasteiger partial charge is 0.356 e. The summed E-state index contributed by atoms with van der Waals surface area (Å²) in [5, 5.41) is 12.5. The maximum absolute atomic E-state index is 12.1. The van der Waals surface area contributed by atoms with Gasteiger partial charge in [-0.15, -0.1) is 0 Å². The van der Waals surface area contributed by atoms with E-state index >= 15 is 0 Å². The summed E-state index contributed by atoms with van der Waals surface area (Å²) >= 11 is 0. The first-order valence-corrected chi connectivity index (χ1v) is 13.0. The highest BCUT2D eigenvalue weighted by atomic mass is 16.5. The predicted molar refractivity (Wildman–Crippen MR) is 138 cm³/mol. The molecule has 5 nitrogen and oxygen atoms in total. The average Bonchev–Trinajstić information content (AvgIpc) is 2.90. The number of likely N-dealkylation sites (tertiary alicyclic amines) is 1. The van der Waals surface area contributed by atoms with Gasteiger partial charge in [-0.05, 0) is 61.9 Å². The monoisotopic (exact) mass is 472 g/mol. The summed E-state index contributed by atoms with van der Waals surface area (Å²) in [6.07, 6.45) is 10.2. The molecule has 0 bridgehead atoms. The molecule has 0 radical (unpaired) electrons. The van der Waals surface area contributed by atoms with Crippen LogP contribution in [0.1, 0.15) is 61.3 Å². The van der Waals surface area contributed by atoms with Gasteiger partial charge < -0.3 is 5.32 Å². The maximum atomic E-state index is 12.1. The summed E-state index contributed by atoms with van der Waals surface area (Å²) in [5.41, 5.74) is 3.70. The Morgan fingerprint density at radius 3 is 2.23 bits per heavy atom. The number of hydrogen-bond donors (Lipinski definition) is 2. The van der Waals surface area contributed by atoms with Crippen molar-refractivity contribution >= 4 is 5.91 Å². The Hall–Kier alpha value is -3.18. The molecule has 1 aromatic heterocycles. The van der Waals surface area contributed by atoms with Crippen LogP contribution in [-0.4, -0.2) is 35.6 Å². The molecule has 1 amide bonds. The molecule has 0 atom stereocenters. The van der Waals surface area contributed by atoms with Gasteiger partial charge in [-0.1, -0.05) is 73.5 Å². The van der Waals surface area contributed by atoms with Crippen molar-refractivity contribution in [2.75, 3.05) is 19.6 Å². The van der Waals surface area contributed by atoms with Crippen LogP contribution in [0.25, 0.3) is 0 Å². The Bertz CT molecular complexity index is 994. The van der Waals surface area contributed by atoms with Gasteiger partial charge in [0.15, 0.2) is 0 Å². The Morgan fingerprint density at radius 2 is 1.60 bits per heavy atom. The highest BCUT2D eigenvalue weighted by Gasteiger charge is 2.27. The molecule has 0 saturated carbocycles. The summed E-state index contributed by atoms with van der Waals surface area (Å²) in [6, 6.07) is 25.8. The predicted octanol–water partition coefficient (Wildman–Crippen LogP) is 4.93. The average molecular weight is 473 g/mol. The lowest BCUT2D eigenvalue weighted by Crippen LogP contribution is -2.37. The molecule has 2 N–H and O–H groups in total. The van der Waals surface area contributed by atoms with Gasteiger partial charge in [0.25, 0.3) is 0 Å². The molecule has 1 fully saturated rings. The van der Waals surface area contributed by atoms with E-state index in [0.29, 0.717) is 18.9 Å². The number of piperidine rings is 1. The lowest BCUT2D eigenvalue weighted by Gasteiger charge is -2.38. The van der Waals surface area contributed by atoms with Crippen LogP contribution < -0.4 is 10.0 Å². The number of carbonyl (C=O) groups excluding carboxylic acids is 1. The number of pyridine rings is 1.